The number of benzene rings is 1. The van der Waals surface area contributed by atoms with Crippen LogP contribution in [0.25, 0.3) is 10.9 Å². The summed E-state index contributed by atoms with van der Waals surface area (Å²) in [6.07, 6.45) is 3.65. The average molecular weight is 341 g/mol. The molecule has 25 heavy (non-hydrogen) atoms. The number of fused-ring (bicyclic) bond motifs is 1. The van der Waals surface area contributed by atoms with Crippen LogP contribution in [-0.2, 0) is 0 Å². The second-order valence-electron chi connectivity index (χ2n) is 7.68. The molecule has 1 saturated heterocycles. The van der Waals surface area contributed by atoms with E-state index in [9.17, 15) is 4.79 Å². The zero-order valence-electron chi connectivity index (χ0n) is 16.3. The lowest BCUT2D eigenvalue weighted by molar-refractivity contribution is 0.0776. The van der Waals surface area contributed by atoms with Crippen LogP contribution in [0.1, 0.15) is 53.4 Å². The molecule has 136 valence electrons. The van der Waals surface area contributed by atoms with Crippen molar-refractivity contribution in [2.24, 2.45) is 0 Å². The number of hydrogen-bond acceptors (Lipinski definition) is 2. The van der Waals surface area contributed by atoms with Crippen LogP contribution in [-0.4, -0.2) is 53.4 Å². The normalized spacial score (nSPS) is 16.5. The van der Waals surface area contributed by atoms with Crippen molar-refractivity contribution in [2.75, 3.05) is 26.7 Å². The van der Waals surface area contributed by atoms with Crippen molar-refractivity contribution in [1.82, 2.24) is 14.8 Å². The maximum atomic E-state index is 13.0. The van der Waals surface area contributed by atoms with Gasteiger partial charge in [-0.1, -0.05) is 12.1 Å². The Hall–Kier alpha value is -1.81. The molecule has 1 aromatic carbocycles. The molecule has 2 heterocycles. The van der Waals surface area contributed by atoms with Crippen molar-refractivity contribution in [3.8, 4) is 0 Å². The highest BCUT2D eigenvalue weighted by atomic mass is 16.2. The zero-order valence-corrected chi connectivity index (χ0v) is 16.3. The molecule has 1 unspecified atom stereocenters. The quantitative estimate of drug-likeness (QED) is 0.891. The lowest BCUT2D eigenvalue weighted by Gasteiger charge is -2.26. The number of aromatic nitrogens is 1. The fraction of sp³-hybridized carbons (Fsp3) is 0.571. The van der Waals surface area contributed by atoms with Gasteiger partial charge in [-0.25, -0.2) is 0 Å². The largest absolute Gasteiger partial charge is 0.350 e. The van der Waals surface area contributed by atoms with E-state index in [4.69, 9.17) is 0 Å². The number of rotatable bonds is 5. The second kappa shape index (κ2) is 7.20. The Bertz CT molecular complexity index is 771. The summed E-state index contributed by atoms with van der Waals surface area (Å²) in [6.45, 7) is 11.7. The van der Waals surface area contributed by atoms with Crippen molar-refractivity contribution >= 4 is 16.8 Å². The summed E-state index contributed by atoms with van der Waals surface area (Å²) in [5.41, 5.74) is 5.32. The highest BCUT2D eigenvalue weighted by molar-refractivity contribution is 6.02. The Labute approximate surface area is 151 Å². The lowest BCUT2D eigenvalue weighted by atomic mass is 10.0. The first-order chi connectivity index (χ1) is 11.9. The number of carbonyl (C=O) groups excluding carboxylic acids is 1. The minimum absolute atomic E-state index is 0.0983. The Morgan fingerprint density at radius 1 is 1.20 bits per heavy atom. The average Bonchev–Trinajstić information content (AvgIpc) is 3.24. The van der Waals surface area contributed by atoms with Crippen LogP contribution in [0.15, 0.2) is 12.1 Å². The summed E-state index contributed by atoms with van der Waals surface area (Å²) < 4.78 is 0. The first kappa shape index (κ1) is 18.0. The number of likely N-dealkylation sites (tertiary alicyclic amines) is 1. The number of aromatic amines is 1. The standard InChI is InChI=1S/C21H31N3O/c1-14-8-9-15(2)19-18(14)17(4)20(22-19)21(25)23(5)13-10-16(3)24-11-6-7-12-24/h8-9,16,22H,6-7,10-13H2,1-5H3. The first-order valence-electron chi connectivity index (χ1n) is 9.48. The van der Waals surface area contributed by atoms with Crippen LogP contribution in [0.3, 0.4) is 0 Å². The Balaban J connectivity index is 1.74. The fourth-order valence-corrected chi connectivity index (χ4v) is 4.05. The number of carbonyl (C=O) groups is 1. The van der Waals surface area contributed by atoms with E-state index in [1.165, 1.54) is 42.4 Å². The molecule has 0 aliphatic carbocycles. The van der Waals surface area contributed by atoms with Gasteiger partial charge in [-0.15, -0.1) is 0 Å². The molecule has 4 heteroatoms. The molecule has 1 N–H and O–H groups in total. The molecule has 0 radical (unpaired) electrons. The SMILES string of the molecule is Cc1ccc(C)c2c(C)c(C(=O)N(C)CCC(C)N3CCCC3)[nH]c12. The Kier molecular flexibility index (Phi) is 5.19. The Morgan fingerprint density at radius 2 is 1.84 bits per heavy atom. The molecule has 0 saturated carbocycles. The van der Waals surface area contributed by atoms with Gasteiger partial charge in [0.2, 0.25) is 0 Å². The van der Waals surface area contributed by atoms with Crippen molar-refractivity contribution in [2.45, 2.75) is 53.0 Å². The molecule has 1 atom stereocenters. The lowest BCUT2D eigenvalue weighted by Crippen LogP contribution is -2.35. The number of H-pyrrole nitrogens is 1. The summed E-state index contributed by atoms with van der Waals surface area (Å²) in [6, 6.07) is 4.79. The summed E-state index contributed by atoms with van der Waals surface area (Å²) in [7, 11) is 1.92. The molecular weight excluding hydrogens is 310 g/mol. The highest BCUT2D eigenvalue weighted by Crippen LogP contribution is 2.28. The van der Waals surface area contributed by atoms with E-state index in [-0.39, 0.29) is 5.91 Å². The molecule has 0 spiro atoms. The first-order valence-corrected chi connectivity index (χ1v) is 9.48. The number of nitrogens with one attached hydrogen (secondary N) is 1. The van der Waals surface area contributed by atoms with Gasteiger partial charge < -0.3 is 14.8 Å². The summed E-state index contributed by atoms with van der Waals surface area (Å²) in [5, 5.41) is 1.20. The fourth-order valence-electron chi connectivity index (χ4n) is 4.05. The monoisotopic (exact) mass is 341 g/mol. The summed E-state index contributed by atoms with van der Waals surface area (Å²) in [5.74, 6) is 0.0983. The van der Waals surface area contributed by atoms with Crippen molar-refractivity contribution in [3.05, 3.63) is 34.5 Å². The van der Waals surface area contributed by atoms with Crippen molar-refractivity contribution in [3.63, 3.8) is 0 Å². The number of nitrogens with zero attached hydrogens (tertiary/aromatic N) is 2. The van der Waals surface area contributed by atoms with Gasteiger partial charge in [0.1, 0.15) is 5.69 Å². The number of aryl methyl sites for hydroxylation is 3. The van der Waals surface area contributed by atoms with Crippen LogP contribution in [0.4, 0.5) is 0 Å². The van der Waals surface area contributed by atoms with Gasteiger partial charge in [-0.3, -0.25) is 4.79 Å². The zero-order chi connectivity index (χ0) is 18.1. The third-order valence-corrected chi connectivity index (χ3v) is 5.83. The molecule has 1 aliphatic rings. The molecular formula is C21H31N3O. The summed E-state index contributed by atoms with van der Waals surface area (Å²) >= 11 is 0. The molecule has 1 fully saturated rings. The van der Waals surface area contributed by atoms with E-state index in [1.54, 1.807) is 0 Å². The highest BCUT2D eigenvalue weighted by Gasteiger charge is 2.22. The molecule has 2 aromatic rings. The predicted octanol–water partition coefficient (Wildman–Crippen LogP) is 4.04. The van der Waals surface area contributed by atoms with Gasteiger partial charge >= 0.3 is 0 Å². The molecule has 0 bridgehead atoms. The molecule has 1 aromatic heterocycles. The van der Waals surface area contributed by atoms with Gasteiger partial charge in [0.05, 0.1) is 0 Å². The van der Waals surface area contributed by atoms with Gasteiger partial charge in [-0.05, 0) is 76.7 Å². The third kappa shape index (κ3) is 3.45. The maximum absolute atomic E-state index is 13.0. The summed E-state index contributed by atoms with van der Waals surface area (Å²) in [4.78, 5) is 20.8. The van der Waals surface area contributed by atoms with Crippen LogP contribution >= 0.6 is 0 Å². The minimum atomic E-state index is 0.0983. The van der Waals surface area contributed by atoms with E-state index in [0.717, 1.165) is 29.7 Å². The maximum Gasteiger partial charge on any atom is 0.270 e. The molecule has 1 amide bonds. The van der Waals surface area contributed by atoms with E-state index in [0.29, 0.717) is 6.04 Å². The minimum Gasteiger partial charge on any atom is -0.350 e. The number of hydrogen-bond donors (Lipinski definition) is 1. The van der Waals surface area contributed by atoms with E-state index in [1.807, 2.05) is 11.9 Å². The third-order valence-electron chi connectivity index (χ3n) is 5.83. The van der Waals surface area contributed by atoms with E-state index >= 15 is 0 Å². The number of amides is 1. The second-order valence-corrected chi connectivity index (χ2v) is 7.68. The van der Waals surface area contributed by atoms with Crippen LogP contribution < -0.4 is 0 Å². The van der Waals surface area contributed by atoms with Gasteiger partial charge in [-0.2, -0.15) is 0 Å². The van der Waals surface area contributed by atoms with Gasteiger partial charge in [0.15, 0.2) is 0 Å². The van der Waals surface area contributed by atoms with Crippen LogP contribution in [0, 0.1) is 20.8 Å². The molecule has 4 nitrogen and oxygen atoms in total. The van der Waals surface area contributed by atoms with E-state index in [2.05, 4.69) is 49.7 Å². The van der Waals surface area contributed by atoms with Crippen molar-refractivity contribution < 1.29 is 4.79 Å². The molecule has 1 aliphatic heterocycles. The van der Waals surface area contributed by atoms with Gasteiger partial charge in [0.25, 0.3) is 5.91 Å². The van der Waals surface area contributed by atoms with Crippen LogP contribution in [0.2, 0.25) is 0 Å². The topological polar surface area (TPSA) is 39.3 Å². The van der Waals surface area contributed by atoms with Gasteiger partial charge in [0, 0.05) is 30.5 Å². The Morgan fingerprint density at radius 3 is 2.48 bits per heavy atom. The van der Waals surface area contributed by atoms with Crippen LogP contribution in [0.5, 0.6) is 0 Å². The smallest absolute Gasteiger partial charge is 0.270 e. The van der Waals surface area contributed by atoms with Crippen molar-refractivity contribution in [1.29, 1.82) is 0 Å². The van der Waals surface area contributed by atoms with E-state index < -0.39 is 0 Å². The molecule has 3 rings (SSSR count). The predicted molar refractivity (Wildman–Crippen MR) is 104 cm³/mol.